The number of hydrogen-bond donors (Lipinski definition) is 1. The first-order valence-corrected chi connectivity index (χ1v) is 15.9. The molecule has 1 aliphatic carbocycles. The molecule has 0 aromatic heterocycles. The van der Waals surface area contributed by atoms with Gasteiger partial charge in [-0.3, -0.25) is 13.9 Å². The molecule has 0 heterocycles. The molecule has 1 N–H and O–H groups in total. The van der Waals surface area contributed by atoms with Crippen LogP contribution in [0, 0.1) is 13.8 Å². The molecule has 3 aromatic rings. The average molecular weight is 617 g/mol. The number of rotatable bonds is 10. The van der Waals surface area contributed by atoms with Crippen LogP contribution >= 0.6 is 23.2 Å². The number of aryl methyl sites for hydroxylation is 2. The predicted molar refractivity (Wildman–Crippen MR) is 164 cm³/mol. The third-order valence-electron chi connectivity index (χ3n) is 7.44. The van der Waals surface area contributed by atoms with Gasteiger partial charge in [0.1, 0.15) is 12.6 Å². The summed E-state index contributed by atoms with van der Waals surface area (Å²) in [7, 11) is -4.12. The van der Waals surface area contributed by atoms with E-state index in [0.29, 0.717) is 26.9 Å². The Kier molecular flexibility index (Phi) is 10.00. The van der Waals surface area contributed by atoms with Gasteiger partial charge in [-0.2, -0.15) is 0 Å². The first-order chi connectivity index (χ1) is 19.5. The fourth-order valence-corrected chi connectivity index (χ4v) is 6.95. The number of hydrogen-bond acceptors (Lipinski definition) is 4. The van der Waals surface area contributed by atoms with E-state index in [4.69, 9.17) is 23.2 Å². The minimum Gasteiger partial charge on any atom is -0.352 e. The van der Waals surface area contributed by atoms with Crippen LogP contribution in [-0.2, 0) is 26.2 Å². The lowest BCUT2D eigenvalue weighted by molar-refractivity contribution is -0.139. The van der Waals surface area contributed by atoms with E-state index in [2.05, 4.69) is 5.32 Å². The Morgan fingerprint density at radius 3 is 2.27 bits per heavy atom. The highest BCUT2D eigenvalue weighted by atomic mass is 35.5. The summed E-state index contributed by atoms with van der Waals surface area (Å²) in [5.74, 6) is -0.807. The van der Waals surface area contributed by atoms with Gasteiger partial charge in [0, 0.05) is 12.6 Å². The van der Waals surface area contributed by atoms with E-state index in [0.717, 1.165) is 35.6 Å². The van der Waals surface area contributed by atoms with Crippen LogP contribution in [-0.4, -0.2) is 43.8 Å². The molecule has 0 radical (unpaired) electrons. The smallest absolute Gasteiger partial charge is 0.264 e. The molecular weight excluding hydrogens is 581 g/mol. The van der Waals surface area contributed by atoms with E-state index < -0.39 is 28.5 Å². The normalized spacial score (nSPS) is 14.5. The zero-order chi connectivity index (χ0) is 29.7. The highest BCUT2D eigenvalue weighted by Gasteiger charge is 2.34. The number of nitrogens with one attached hydrogen (secondary N) is 1. The summed E-state index contributed by atoms with van der Waals surface area (Å²) in [6.07, 6.45) is 3.89. The highest BCUT2D eigenvalue weighted by Crippen LogP contribution is 2.29. The molecule has 2 amide bonds. The molecule has 1 atom stereocenters. The molecule has 1 saturated carbocycles. The second kappa shape index (κ2) is 13.3. The molecule has 7 nitrogen and oxygen atoms in total. The summed E-state index contributed by atoms with van der Waals surface area (Å²) in [5.41, 5.74) is 2.73. The first-order valence-electron chi connectivity index (χ1n) is 13.7. The number of benzene rings is 3. The molecule has 1 fully saturated rings. The maximum Gasteiger partial charge on any atom is 0.264 e. The van der Waals surface area contributed by atoms with E-state index in [9.17, 15) is 18.0 Å². The standard InChI is InChI=1S/C31H35Cl2N3O4S/c1-21-13-16-29(22(2)17-21)36(41(39,40)26-11-5-4-6-12-26)20-30(37)35(19-24-14-15-27(32)28(33)18-24)23(3)31(38)34-25-9-7-8-10-25/h4-6,11-18,23,25H,7-10,19-20H2,1-3H3,(H,34,38). The lowest BCUT2D eigenvalue weighted by Crippen LogP contribution is -2.52. The molecule has 0 bridgehead atoms. The van der Waals surface area contributed by atoms with Crippen molar-refractivity contribution < 1.29 is 18.0 Å². The van der Waals surface area contributed by atoms with Gasteiger partial charge < -0.3 is 10.2 Å². The summed E-state index contributed by atoms with van der Waals surface area (Å²) in [6, 6.07) is 17.6. The van der Waals surface area contributed by atoms with Crippen molar-refractivity contribution in [1.82, 2.24) is 10.2 Å². The minimum absolute atomic E-state index is 0.0427. The van der Waals surface area contributed by atoms with Crippen molar-refractivity contribution in [2.75, 3.05) is 10.8 Å². The van der Waals surface area contributed by atoms with Gasteiger partial charge in [-0.15, -0.1) is 0 Å². The van der Waals surface area contributed by atoms with Gasteiger partial charge in [0.25, 0.3) is 10.0 Å². The van der Waals surface area contributed by atoms with Crippen molar-refractivity contribution in [2.24, 2.45) is 0 Å². The van der Waals surface area contributed by atoms with Gasteiger partial charge in [0.15, 0.2) is 0 Å². The van der Waals surface area contributed by atoms with Crippen molar-refractivity contribution in [2.45, 2.75) is 70.0 Å². The van der Waals surface area contributed by atoms with Crippen LogP contribution in [0.25, 0.3) is 0 Å². The molecule has 218 valence electrons. The fraction of sp³-hybridized carbons (Fsp3) is 0.355. The van der Waals surface area contributed by atoms with E-state index in [1.54, 1.807) is 49.4 Å². The van der Waals surface area contributed by atoms with Gasteiger partial charge in [-0.25, -0.2) is 8.42 Å². The summed E-state index contributed by atoms with van der Waals surface area (Å²) >= 11 is 12.4. The van der Waals surface area contributed by atoms with E-state index in [-0.39, 0.29) is 23.4 Å². The third kappa shape index (κ3) is 7.42. The Labute approximate surface area is 252 Å². The van der Waals surface area contributed by atoms with Crippen LogP contribution in [0.15, 0.2) is 71.6 Å². The molecule has 1 unspecified atom stereocenters. The van der Waals surface area contributed by atoms with Crippen LogP contribution < -0.4 is 9.62 Å². The van der Waals surface area contributed by atoms with Crippen LogP contribution in [0.1, 0.15) is 49.3 Å². The van der Waals surface area contributed by atoms with Crippen molar-refractivity contribution in [3.63, 3.8) is 0 Å². The molecular formula is C31H35Cl2N3O4S. The Bertz CT molecular complexity index is 1510. The summed E-state index contributed by atoms with van der Waals surface area (Å²) in [4.78, 5) is 28.9. The fourth-order valence-electron chi connectivity index (χ4n) is 5.13. The second-order valence-corrected chi connectivity index (χ2v) is 13.2. The van der Waals surface area contributed by atoms with Crippen molar-refractivity contribution in [3.8, 4) is 0 Å². The lowest BCUT2D eigenvalue weighted by atomic mass is 10.1. The van der Waals surface area contributed by atoms with E-state index >= 15 is 0 Å². The number of carbonyl (C=O) groups excluding carboxylic acids is 2. The third-order valence-corrected chi connectivity index (χ3v) is 9.95. The number of carbonyl (C=O) groups is 2. The van der Waals surface area contributed by atoms with Gasteiger partial charge in [0.05, 0.1) is 20.6 Å². The monoisotopic (exact) mass is 615 g/mol. The first kappa shape index (κ1) is 30.9. The summed E-state index contributed by atoms with van der Waals surface area (Å²) in [5, 5.41) is 3.76. The number of amides is 2. The zero-order valence-corrected chi connectivity index (χ0v) is 25.8. The summed E-state index contributed by atoms with van der Waals surface area (Å²) in [6.45, 7) is 4.94. The molecule has 4 rings (SSSR count). The zero-order valence-electron chi connectivity index (χ0n) is 23.4. The Morgan fingerprint density at radius 2 is 1.63 bits per heavy atom. The lowest BCUT2D eigenvalue weighted by Gasteiger charge is -2.33. The number of halogens is 2. The Balaban J connectivity index is 1.71. The van der Waals surface area contributed by atoms with Crippen LogP contribution in [0.5, 0.6) is 0 Å². The highest BCUT2D eigenvalue weighted by molar-refractivity contribution is 7.92. The van der Waals surface area contributed by atoms with Crippen LogP contribution in [0.3, 0.4) is 0 Å². The van der Waals surface area contributed by atoms with Gasteiger partial charge in [-0.1, -0.05) is 78.0 Å². The SMILES string of the molecule is Cc1ccc(N(CC(=O)N(Cc2ccc(Cl)c(Cl)c2)C(C)C(=O)NC2CCCC2)S(=O)(=O)c2ccccc2)c(C)c1. The maximum absolute atomic E-state index is 14.1. The second-order valence-electron chi connectivity index (χ2n) is 10.6. The average Bonchev–Trinajstić information content (AvgIpc) is 3.45. The predicted octanol–water partition coefficient (Wildman–Crippen LogP) is 6.28. The molecule has 10 heteroatoms. The molecule has 0 aliphatic heterocycles. The minimum atomic E-state index is -4.12. The Hall–Kier alpha value is -3.07. The number of anilines is 1. The topological polar surface area (TPSA) is 86.8 Å². The summed E-state index contributed by atoms with van der Waals surface area (Å²) < 4.78 is 29.0. The largest absolute Gasteiger partial charge is 0.352 e. The molecule has 1 aliphatic rings. The van der Waals surface area contributed by atoms with Crippen molar-refractivity contribution >= 4 is 50.7 Å². The molecule has 41 heavy (non-hydrogen) atoms. The maximum atomic E-state index is 14.1. The van der Waals surface area contributed by atoms with Crippen LogP contribution in [0.2, 0.25) is 10.0 Å². The molecule has 0 spiro atoms. The van der Waals surface area contributed by atoms with Crippen molar-refractivity contribution in [3.05, 3.63) is 93.5 Å². The van der Waals surface area contributed by atoms with Gasteiger partial charge >= 0.3 is 0 Å². The number of sulfonamides is 1. The van der Waals surface area contributed by atoms with E-state index in [1.807, 2.05) is 26.0 Å². The van der Waals surface area contributed by atoms with Gasteiger partial charge in [-0.05, 0) is 75.1 Å². The Morgan fingerprint density at radius 1 is 0.951 bits per heavy atom. The van der Waals surface area contributed by atoms with Gasteiger partial charge in [0.2, 0.25) is 11.8 Å². The van der Waals surface area contributed by atoms with Crippen molar-refractivity contribution in [1.29, 1.82) is 0 Å². The molecule has 3 aromatic carbocycles. The molecule has 0 saturated heterocycles. The van der Waals surface area contributed by atoms with Crippen LogP contribution in [0.4, 0.5) is 5.69 Å². The number of nitrogens with zero attached hydrogens (tertiary/aromatic N) is 2. The van der Waals surface area contributed by atoms with E-state index in [1.165, 1.54) is 17.0 Å². The quantitative estimate of drug-likeness (QED) is 0.291.